The van der Waals surface area contributed by atoms with Gasteiger partial charge in [-0.15, -0.1) is 0 Å². The van der Waals surface area contributed by atoms with Crippen LogP contribution >= 0.6 is 0 Å². The van der Waals surface area contributed by atoms with Crippen molar-refractivity contribution in [3.05, 3.63) is 108 Å². The van der Waals surface area contributed by atoms with Gasteiger partial charge in [-0.2, -0.15) is 0 Å². The molecule has 2 aliphatic carbocycles. The molecule has 2 aliphatic rings. The zero-order valence-electron chi connectivity index (χ0n) is 22.6. The highest BCUT2D eigenvalue weighted by Gasteiger charge is 2.29. The molecule has 1 unspecified atom stereocenters. The average Bonchev–Trinajstić information content (AvgIpc) is 3.14. The van der Waals surface area contributed by atoms with Crippen molar-refractivity contribution in [1.82, 2.24) is 0 Å². The van der Waals surface area contributed by atoms with Crippen molar-refractivity contribution in [3.8, 4) is 0 Å². The summed E-state index contributed by atoms with van der Waals surface area (Å²) in [5.74, 6) is 0.934. The number of carbonyl (C=O) groups excluding carboxylic acids is 1. The van der Waals surface area contributed by atoms with Crippen LogP contribution in [0.3, 0.4) is 0 Å². The van der Waals surface area contributed by atoms with Crippen molar-refractivity contribution in [2.75, 3.05) is 0 Å². The van der Waals surface area contributed by atoms with Gasteiger partial charge in [0.2, 0.25) is 0 Å². The fraction of sp³-hybridized carbons (Fsp3) is 0.441. The Morgan fingerprint density at radius 1 is 1.08 bits per heavy atom. The van der Waals surface area contributed by atoms with Gasteiger partial charge in [0.25, 0.3) is 0 Å². The zero-order chi connectivity index (χ0) is 26.1. The van der Waals surface area contributed by atoms with Crippen LogP contribution in [-0.4, -0.2) is 5.78 Å². The first kappa shape index (κ1) is 27.8. The monoisotopic (exact) mass is 486 g/mol. The molecule has 1 atom stereocenters. The molecule has 1 fully saturated rings. The van der Waals surface area contributed by atoms with Crippen molar-refractivity contribution in [1.29, 1.82) is 0 Å². The minimum absolute atomic E-state index is 0.0617. The largest absolute Gasteiger partial charge is 0.293 e. The highest BCUT2D eigenvalue weighted by Crippen LogP contribution is 2.41. The molecule has 0 saturated heterocycles. The van der Waals surface area contributed by atoms with E-state index in [0.717, 1.165) is 35.5 Å². The first-order chi connectivity index (χ1) is 17.2. The van der Waals surface area contributed by atoms with Crippen LogP contribution in [0.4, 0.5) is 4.39 Å². The molecule has 0 N–H and O–H groups in total. The van der Waals surface area contributed by atoms with Crippen LogP contribution in [0, 0.1) is 23.1 Å². The molecular weight excluding hydrogens is 443 g/mol. The number of rotatable bonds is 9. The van der Waals surface area contributed by atoms with Gasteiger partial charge in [0.1, 0.15) is 5.82 Å². The first-order valence-corrected chi connectivity index (χ1v) is 13.5. The van der Waals surface area contributed by atoms with Crippen LogP contribution in [0.15, 0.2) is 96.2 Å². The van der Waals surface area contributed by atoms with Crippen molar-refractivity contribution in [2.45, 2.75) is 78.6 Å². The van der Waals surface area contributed by atoms with E-state index >= 15 is 0 Å². The molecule has 0 heterocycles. The summed E-state index contributed by atoms with van der Waals surface area (Å²) in [4.78, 5) is 13.6. The fourth-order valence-electron chi connectivity index (χ4n) is 5.42. The SMILES string of the molecule is C=C(/C=C\C(=C/C)CC(C(=O)C1=CC=CCC=C1)c1ccc(F)cc1)CC1CCC(C(C)(C)C)CC1. The van der Waals surface area contributed by atoms with Crippen LogP contribution in [0.1, 0.15) is 84.1 Å². The molecule has 192 valence electrons. The summed E-state index contributed by atoms with van der Waals surface area (Å²) in [5.41, 5.74) is 4.17. The van der Waals surface area contributed by atoms with Crippen molar-refractivity contribution < 1.29 is 9.18 Å². The highest BCUT2D eigenvalue weighted by molar-refractivity contribution is 6.03. The molecule has 2 heteroatoms. The summed E-state index contributed by atoms with van der Waals surface area (Å²) in [6.45, 7) is 13.4. The Balaban J connectivity index is 1.67. The summed E-state index contributed by atoms with van der Waals surface area (Å²) < 4.78 is 13.6. The van der Waals surface area contributed by atoms with E-state index in [-0.39, 0.29) is 17.5 Å². The second-order valence-corrected chi connectivity index (χ2v) is 11.5. The maximum absolute atomic E-state index is 13.6. The van der Waals surface area contributed by atoms with Gasteiger partial charge in [-0.1, -0.05) is 99.2 Å². The molecule has 0 bridgehead atoms. The van der Waals surface area contributed by atoms with E-state index in [1.807, 2.05) is 37.3 Å². The molecular formula is C34H43FO. The summed E-state index contributed by atoms with van der Waals surface area (Å²) in [7, 11) is 0. The Morgan fingerprint density at radius 3 is 2.42 bits per heavy atom. The smallest absolute Gasteiger partial charge is 0.170 e. The Morgan fingerprint density at radius 2 is 1.78 bits per heavy atom. The Labute approximate surface area is 218 Å². The Bertz CT molecular complexity index is 1050. The van der Waals surface area contributed by atoms with Crippen LogP contribution in [0.5, 0.6) is 0 Å². The van der Waals surface area contributed by atoms with E-state index in [1.54, 1.807) is 12.1 Å². The van der Waals surface area contributed by atoms with Gasteiger partial charge in [-0.3, -0.25) is 4.79 Å². The lowest BCUT2D eigenvalue weighted by molar-refractivity contribution is -0.116. The van der Waals surface area contributed by atoms with Gasteiger partial charge < -0.3 is 0 Å². The van der Waals surface area contributed by atoms with Gasteiger partial charge in [-0.25, -0.2) is 4.39 Å². The van der Waals surface area contributed by atoms with E-state index in [4.69, 9.17) is 0 Å². The lowest BCUT2D eigenvalue weighted by atomic mass is 9.69. The molecule has 1 aromatic rings. The standard InChI is InChI=1S/C34H43FO/c1-6-26(14-13-25(2)23-27-15-19-30(20-16-27)34(3,4)5)24-32(28-17-21-31(35)22-18-28)33(36)29-11-9-7-8-10-12-29/h6-7,9-14,17-18,21-22,27,30,32H,2,8,15-16,19-20,23-24H2,1,3-5H3/b14-13-,26-6+. The van der Waals surface area contributed by atoms with Crippen molar-refractivity contribution >= 4 is 5.78 Å². The van der Waals surface area contributed by atoms with Crippen molar-refractivity contribution in [3.63, 3.8) is 0 Å². The summed E-state index contributed by atoms with van der Waals surface area (Å²) >= 11 is 0. The Kier molecular flexibility index (Phi) is 10.0. The molecule has 3 rings (SSSR count). The maximum atomic E-state index is 13.6. The van der Waals surface area contributed by atoms with Crippen LogP contribution in [-0.2, 0) is 4.79 Å². The van der Waals surface area contributed by atoms with E-state index in [0.29, 0.717) is 23.3 Å². The molecule has 1 saturated carbocycles. The second-order valence-electron chi connectivity index (χ2n) is 11.5. The van der Waals surface area contributed by atoms with Gasteiger partial charge in [-0.05, 0) is 86.8 Å². The van der Waals surface area contributed by atoms with E-state index in [1.165, 1.54) is 37.8 Å². The minimum atomic E-state index is -0.371. The molecule has 0 aliphatic heterocycles. The van der Waals surface area contributed by atoms with Crippen LogP contribution < -0.4 is 0 Å². The molecule has 0 aromatic heterocycles. The third-order valence-corrected chi connectivity index (χ3v) is 7.82. The number of Topliss-reactive ketones (excluding diaryl/α,β-unsaturated/α-hetero) is 1. The fourth-order valence-corrected chi connectivity index (χ4v) is 5.42. The quantitative estimate of drug-likeness (QED) is 0.318. The van der Waals surface area contributed by atoms with Gasteiger partial charge >= 0.3 is 0 Å². The third kappa shape index (κ3) is 8.15. The highest BCUT2D eigenvalue weighted by atomic mass is 19.1. The number of ketones is 1. The van der Waals surface area contributed by atoms with Crippen LogP contribution in [0.2, 0.25) is 0 Å². The second kappa shape index (κ2) is 13.0. The number of halogens is 1. The molecule has 36 heavy (non-hydrogen) atoms. The lowest BCUT2D eigenvalue weighted by Gasteiger charge is -2.37. The number of carbonyl (C=O) groups is 1. The predicted octanol–water partition coefficient (Wildman–Crippen LogP) is 9.61. The van der Waals surface area contributed by atoms with E-state index in [2.05, 4.69) is 45.6 Å². The van der Waals surface area contributed by atoms with Gasteiger partial charge in [0.05, 0.1) is 5.92 Å². The predicted molar refractivity (Wildman–Crippen MR) is 151 cm³/mol. The third-order valence-electron chi connectivity index (χ3n) is 7.82. The number of benzene rings is 1. The normalized spacial score (nSPS) is 21.8. The molecule has 0 amide bonds. The Hall–Kier alpha value is -2.74. The van der Waals surface area contributed by atoms with Gasteiger partial charge in [0.15, 0.2) is 5.78 Å². The topological polar surface area (TPSA) is 17.1 Å². The first-order valence-electron chi connectivity index (χ1n) is 13.5. The average molecular weight is 487 g/mol. The number of hydrogen-bond acceptors (Lipinski definition) is 1. The molecule has 1 nitrogen and oxygen atoms in total. The van der Waals surface area contributed by atoms with E-state index in [9.17, 15) is 9.18 Å². The van der Waals surface area contributed by atoms with E-state index < -0.39 is 0 Å². The lowest BCUT2D eigenvalue weighted by Crippen LogP contribution is -2.25. The summed E-state index contributed by atoms with van der Waals surface area (Å²) in [5, 5.41) is 0. The zero-order valence-corrected chi connectivity index (χ0v) is 22.6. The summed E-state index contributed by atoms with van der Waals surface area (Å²) in [6, 6.07) is 6.35. The number of hydrogen-bond donors (Lipinski definition) is 0. The summed E-state index contributed by atoms with van der Waals surface area (Å²) in [6.07, 6.45) is 23.7. The minimum Gasteiger partial charge on any atom is -0.293 e. The molecule has 1 aromatic carbocycles. The molecule has 0 radical (unpaired) electrons. The van der Waals surface area contributed by atoms with Gasteiger partial charge in [0, 0.05) is 5.57 Å². The number of allylic oxidation sites excluding steroid dienone is 11. The van der Waals surface area contributed by atoms with Crippen molar-refractivity contribution in [2.24, 2.45) is 17.3 Å². The molecule has 0 spiro atoms. The van der Waals surface area contributed by atoms with Crippen LogP contribution in [0.25, 0.3) is 0 Å². The maximum Gasteiger partial charge on any atom is 0.170 e.